The smallest absolute Gasteiger partial charge is 0.328 e. The van der Waals surface area contributed by atoms with Crippen LogP contribution in [0.25, 0.3) is 0 Å². The molecule has 9 heteroatoms. The largest absolute Gasteiger partial charge is 0.466 e. The molecule has 0 aliphatic rings. The topological polar surface area (TPSA) is 120 Å². The third kappa shape index (κ3) is 9.09. The molecule has 9 nitrogen and oxygen atoms in total. The summed E-state index contributed by atoms with van der Waals surface area (Å²) in [6.45, 7) is 5.78. The van der Waals surface area contributed by atoms with Crippen molar-refractivity contribution in [1.29, 1.82) is 0 Å². The highest BCUT2D eigenvalue weighted by atomic mass is 16.5. The minimum atomic E-state index is -0.964. The van der Waals surface area contributed by atoms with Gasteiger partial charge in [-0.15, -0.1) is 0 Å². The second-order valence-corrected chi connectivity index (χ2v) is 5.86. The molecule has 1 aromatic rings. The van der Waals surface area contributed by atoms with Gasteiger partial charge in [-0.25, -0.2) is 4.79 Å². The maximum atomic E-state index is 12.5. The summed E-state index contributed by atoms with van der Waals surface area (Å²) in [5, 5.41) is 5.47. The van der Waals surface area contributed by atoms with Gasteiger partial charge in [-0.1, -0.05) is 0 Å². The Kier molecular flexibility index (Phi) is 10.8. The lowest BCUT2D eigenvalue weighted by molar-refractivity contribution is -0.147. The number of carbonyl (C=O) groups is 4. The summed E-state index contributed by atoms with van der Waals surface area (Å²) in [6.07, 6.45) is 0.0525. The van der Waals surface area contributed by atoms with Crippen molar-refractivity contribution in [2.24, 2.45) is 0 Å². The van der Waals surface area contributed by atoms with Crippen molar-refractivity contribution in [2.45, 2.75) is 39.7 Å². The monoisotopic (exact) mass is 408 g/mol. The molecule has 0 heterocycles. The van der Waals surface area contributed by atoms with E-state index in [1.807, 2.05) is 0 Å². The van der Waals surface area contributed by atoms with Gasteiger partial charge in [-0.2, -0.15) is 0 Å². The van der Waals surface area contributed by atoms with Crippen molar-refractivity contribution < 1.29 is 33.4 Å². The first-order chi connectivity index (χ1) is 13.9. The van der Waals surface area contributed by atoms with E-state index >= 15 is 0 Å². The van der Waals surface area contributed by atoms with E-state index in [2.05, 4.69) is 10.6 Å². The molecule has 1 atom stereocenters. The molecule has 1 rings (SSSR count). The van der Waals surface area contributed by atoms with Crippen LogP contribution in [0, 0.1) is 0 Å². The van der Waals surface area contributed by atoms with Crippen molar-refractivity contribution in [1.82, 2.24) is 5.32 Å². The van der Waals surface area contributed by atoms with Crippen LogP contribution in [0.5, 0.6) is 0 Å². The third-order valence-electron chi connectivity index (χ3n) is 3.71. The Labute approximate surface area is 170 Å². The molecule has 160 valence electrons. The molecule has 1 aromatic carbocycles. The molecule has 29 heavy (non-hydrogen) atoms. The summed E-state index contributed by atoms with van der Waals surface area (Å²) >= 11 is 0. The van der Waals surface area contributed by atoms with E-state index in [-0.39, 0.29) is 38.6 Å². The van der Waals surface area contributed by atoms with Crippen LogP contribution in [0.1, 0.15) is 44.0 Å². The van der Waals surface area contributed by atoms with Gasteiger partial charge in [-0.05, 0) is 51.5 Å². The first-order valence-electron chi connectivity index (χ1n) is 9.53. The van der Waals surface area contributed by atoms with E-state index in [4.69, 9.17) is 14.2 Å². The first kappa shape index (κ1) is 23.9. The van der Waals surface area contributed by atoms with Crippen molar-refractivity contribution in [2.75, 3.05) is 31.7 Å². The highest BCUT2D eigenvalue weighted by Crippen LogP contribution is 2.11. The number of nitrogens with one attached hydrogen (secondary N) is 2. The number of benzene rings is 1. The van der Waals surface area contributed by atoms with Crippen LogP contribution in [0.4, 0.5) is 5.69 Å². The molecular formula is C20H28N2O7. The molecule has 0 radical (unpaired) electrons. The minimum Gasteiger partial charge on any atom is -0.466 e. The first-order valence-corrected chi connectivity index (χ1v) is 9.53. The van der Waals surface area contributed by atoms with E-state index < -0.39 is 23.9 Å². The predicted molar refractivity (Wildman–Crippen MR) is 105 cm³/mol. The number of anilines is 1. The molecule has 2 N–H and O–H groups in total. The molecule has 0 aliphatic carbocycles. The highest BCUT2D eigenvalue weighted by molar-refractivity contribution is 5.97. The number of ether oxygens (including phenoxy) is 3. The zero-order valence-corrected chi connectivity index (χ0v) is 17.0. The van der Waals surface area contributed by atoms with Gasteiger partial charge in [0.15, 0.2) is 0 Å². The molecule has 0 spiro atoms. The summed E-state index contributed by atoms with van der Waals surface area (Å²) in [4.78, 5) is 47.5. The molecule has 0 bridgehead atoms. The summed E-state index contributed by atoms with van der Waals surface area (Å²) in [7, 11) is 0. The fraction of sp³-hybridized carbons (Fsp3) is 0.500. The zero-order valence-electron chi connectivity index (χ0n) is 17.0. The van der Waals surface area contributed by atoms with Gasteiger partial charge in [-0.3, -0.25) is 14.4 Å². The van der Waals surface area contributed by atoms with Crippen LogP contribution in [0.15, 0.2) is 24.3 Å². The maximum absolute atomic E-state index is 12.5. The maximum Gasteiger partial charge on any atom is 0.328 e. The van der Waals surface area contributed by atoms with Gasteiger partial charge in [0, 0.05) is 17.7 Å². The second kappa shape index (κ2) is 13.1. The molecular weight excluding hydrogens is 380 g/mol. The van der Waals surface area contributed by atoms with Gasteiger partial charge in [0.25, 0.3) is 5.91 Å². The standard InChI is InChI=1S/C20H28N2O7/c1-4-27-17(23)12-11-16(20(26)29-6-3)22-19(25)14-7-9-15(10-8-14)21-13-18(24)28-5-2/h7-10,16,21H,4-6,11-13H2,1-3H3,(H,22,25)/t16-/m1/s1. The summed E-state index contributed by atoms with van der Waals surface area (Å²) < 4.78 is 14.6. The lowest BCUT2D eigenvalue weighted by atomic mass is 10.1. The van der Waals surface area contributed by atoms with Crippen molar-refractivity contribution in [3.63, 3.8) is 0 Å². The molecule has 0 saturated carbocycles. The molecule has 0 aliphatic heterocycles. The lowest BCUT2D eigenvalue weighted by Gasteiger charge is -2.17. The molecule has 0 aromatic heterocycles. The fourth-order valence-corrected chi connectivity index (χ4v) is 2.35. The van der Waals surface area contributed by atoms with Gasteiger partial charge in [0.2, 0.25) is 0 Å². The van der Waals surface area contributed by atoms with Crippen LogP contribution in [0.2, 0.25) is 0 Å². The Morgan fingerprint density at radius 1 is 0.862 bits per heavy atom. The normalized spacial score (nSPS) is 11.1. The number of hydrogen-bond acceptors (Lipinski definition) is 8. The van der Waals surface area contributed by atoms with Crippen molar-refractivity contribution in [3.05, 3.63) is 29.8 Å². The van der Waals surface area contributed by atoms with E-state index in [9.17, 15) is 19.2 Å². The Balaban J connectivity index is 2.68. The van der Waals surface area contributed by atoms with Crippen LogP contribution in [0.3, 0.4) is 0 Å². The number of rotatable bonds is 12. The fourth-order valence-electron chi connectivity index (χ4n) is 2.35. The Bertz CT molecular complexity index is 689. The lowest BCUT2D eigenvalue weighted by Crippen LogP contribution is -2.42. The number of amides is 1. The molecule has 0 unspecified atom stereocenters. The van der Waals surface area contributed by atoms with Crippen molar-refractivity contribution >= 4 is 29.5 Å². The van der Waals surface area contributed by atoms with Gasteiger partial charge in [0.1, 0.15) is 12.6 Å². The van der Waals surface area contributed by atoms with E-state index in [0.717, 1.165) is 0 Å². The SMILES string of the molecule is CCOC(=O)CC[C@@H](NC(=O)c1ccc(NCC(=O)OCC)cc1)C(=O)OCC. The van der Waals surface area contributed by atoms with Crippen LogP contribution >= 0.6 is 0 Å². The summed E-state index contributed by atoms with van der Waals surface area (Å²) in [5.41, 5.74) is 0.955. The van der Waals surface area contributed by atoms with Crippen LogP contribution in [-0.2, 0) is 28.6 Å². The van der Waals surface area contributed by atoms with E-state index in [1.165, 1.54) is 0 Å². The predicted octanol–water partition coefficient (Wildman–Crippen LogP) is 1.67. The zero-order chi connectivity index (χ0) is 21.6. The summed E-state index contributed by atoms with van der Waals surface area (Å²) in [6, 6.07) is 5.40. The number of carbonyl (C=O) groups excluding carboxylic acids is 4. The highest BCUT2D eigenvalue weighted by Gasteiger charge is 2.24. The molecule has 0 saturated heterocycles. The van der Waals surface area contributed by atoms with E-state index in [0.29, 0.717) is 17.9 Å². The minimum absolute atomic E-state index is 0.0121. The number of hydrogen-bond donors (Lipinski definition) is 2. The Morgan fingerprint density at radius 3 is 2.03 bits per heavy atom. The Morgan fingerprint density at radius 2 is 1.45 bits per heavy atom. The van der Waals surface area contributed by atoms with E-state index in [1.54, 1.807) is 45.0 Å². The Hall–Kier alpha value is -3.10. The quantitative estimate of drug-likeness (QED) is 0.396. The van der Waals surface area contributed by atoms with Crippen molar-refractivity contribution in [3.8, 4) is 0 Å². The molecule has 0 fully saturated rings. The molecule has 1 amide bonds. The van der Waals surface area contributed by atoms with Gasteiger partial charge >= 0.3 is 17.9 Å². The van der Waals surface area contributed by atoms with Crippen LogP contribution < -0.4 is 10.6 Å². The van der Waals surface area contributed by atoms with Gasteiger partial charge in [0.05, 0.1) is 19.8 Å². The average Bonchev–Trinajstić information content (AvgIpc) is 2.70. The summed E-state index contributed by atoms with van der Waals surface area (Å²) in [5.74, 6) is -1.93. The van der Waals surface area contributed by atoms with Gasteiger partial charge < -0.3 is 24.8 Å². The number of esters is 3. The average molecular weight is 408 g/mol. The van der Waals surface area contributed by atoms with Crippen LogP contribution in [-0.4, -0.2) is 56.2 Å². The second-order valence-electron chi connectivity index (χ2n) is 5.86. The third-order valence-corrected chi connectivity index (χ3v) is 3.71.